The van der Waals surface area contributed by atoms with E-state index in [0.29, 0.717) is 11.3 Å². The minimum absolute atomic E-state index is 0.0683. The summed E-state index contributed by atoms with van der Waals surface area (Å²) < 4.78 is 4.96. The average molecular weight is 191 g/mol. The van der Waals surface area contributed by atoms with Gasteiger partial charge >= 0.3 is 0 Å². The maximum Gasteiger partial charge on any atom is 0.193 e. The van der Waals surface area contributed by atoms with Gasteiger partial charge in [0, 0.05) is 24.4 Å². The molecule has 4 heteroatoms. The Morgan fingerprint density at radius 1 is 1.43 bits per heavy atom. The van der Waals surface area contributed by atoms with Crippen molar-refractivity contribution in [2.45, 2.75) is 0 Å². The lowest BCUT2D eigenvalue weighted by molar-refractivity contribution is 0.409. The van der Waals surface area contributed by atoms with Crippen LogP contribution >= 0.6 is 0 Å². The van der Waals surface area contributed by atoms with Crippen molar-refractivity contribution < 1.29 is 9.84 Å². The minimum Gasteiger partial charge on any atom is -0.507 e. The number of benzene rings is 1. The third kappa shape index (κ3) is 1.21. The molecule has 0 spiro atoms. The molecule has 0 fully saturated rings. The van der Waals surface area contributed by atoms with Gasteiger partial charge in [-0.3, -0.25) is 4.79 Å². The Morgan fingerprint density at radius 3 is 2.93 bits per heavy atom. The van der Waals surface area contributed by atoms with E-state index in [0.717, 1.165) is 0 Å². The zero-order chi connectivity index (χ0) is 10.1. The summed E-state index contributed by atoms with van der Waals surface area (Å²) in [6, 6.07) is 4.45. The summed E-state index contributed by atoms with van der Waals surface area (Å²) >= 11 is 0. The smallest absolute Gasteiger partial charge is 0.193 e. The van der Waals surface area contributed by atoms with E-state index in [1.807, 2.05) is 0 Å². The van der Waals surface area contributed by atoms with Crippen molar-refractivity contribution in [3.8, 4) is 11.5 Å². The van der Waals surface area contributed by atoms with Crippen LogP contribution < -0.4 is 10.2 Å². The van der Waals surface area contributed by atoms with Crippen molar-refractivity contribution in [3.05, 3.63) is 34.6 Å². The normalized spacial score (nSPS) is 10.4. The molecule has 0 atom stereocenters. The van der Waals surface area contributed by atoms with Crippen LogP contribution in [0.4, 0.5) is 0 Å². The Labute approximate surface area is 79.8 Å². The molecule has 0 bridgehead atoms. The number of pyridine rings is 1. The average Bonchev–Trinajstić information content (AvgIpc) is 2.17. The number of aromatic nitrogens is 1. The number of methoxy groups -OCH3 is 1. The third-order valence-electron chi connectivity index (χ3n) is 2.05. The number of phenols is 1. The highest BCUT2D eigenvalue weighted by Crippen LogP contribution is 2.26. The fourth-order valence-electron chi connectivity index (χ4n) is 1.38. The zero-order valence-corrected chi connectivity index (χ0v) is 7.57. The lowest BCUT2D eigenvalue weighted by Crippen LogP contribution is -2.00. The Morgan fingerprint density at radius 2 is 2.21 bits per heavy atom. The number of rotatable bonds is 1. The minimum atomic E-state index is -0.209. The van der Waals surface area contributed by atoms with Crippen LogP contribution in [0.3, 0.4) is 0 Å². The number of nitrogens with one attached hydrogen (secondary N) is 1. The van der Waals surface area contributed by atoms with Crippen molar-refractivity contribution in [2.24, 2.45) is 0 Å². The lowest BCUT2D eigenvalue weighted by Gasteiger charge is -2.03. The van der Waals surface area contributed by atoms with Gasteiger partial charge in [-0.1, -0.05) is 0 Å². The summed E-state index contributed by atoms with van der Waals surface area (Å²) in [5.41, 5.74) is 0.355. The fourth-order valence-corrected chi connectivity index (χ4v) is 1.38. The molecule has 2 aromatic rings. The maximum absolute atomic E-state index is 11.4. The highest BCUT2D eigenvalue weighted by Gasteiger charge is 2.06. The van der Waals surface area contributed by atoms with E-state index < -0.39 is 0 Å². The Balaban J connectivity index is 2.90. The van der Waals surface area contributed by atoms with Gasteiger partial charge in [-0.25, -0.2) is 0 Å². The van der Waals surface area contributed by atoms with Crippen LogP contribution in [0.1, 0.15) is 0 Å². The van der Waals surface area contributed by atoms with Crippen LogP contribution in [0.2, 0.25) is 0 Å². The number of H-pyrrole nitrogens is 1. The summed E-state index contributed by atoms with van der Waals surface area (Å²) in [6.07, 6.45) is 1.53. The van der Waals surface area contributed by atoms with E-state index in [-0.39, 0.29) is 16.6 Å². The molecule has 2 N–H and O–H groups in total. The first kappa shape index (κ1) is 8.62. The van der Waals surface area contributed by atoms with E-state index in [1.54, 1.807) is 6.07 Å². The van der Waals surface area contributed by atoms with Gasteiger partial charge in [-0.2, -0.15) is 0 Å². The maximum atomic E-state index is 11.4. The van der Waals surface area contributed by atoms with Crippen molar-refractivity contribution in [3.63, 3.8) is 0 Å². The molecule has 1 aromatic heterocycles. The van der Waals surface area contributed by atoms with Crippen LogP contribution in [-0.4, -0.2) is 17.2 Å². The highest BCUT2D eigenvalue weighted by atomic mass is 16.5. The fraction of sp³-hybridized carbons (Fsp3) is 0.100. The summed E-state index contributed by atoms with van der Waals surface area (Å²) in [5.74, 6) is 0.443. The molecule has 0 aliphatic heterocycles. The molecule has 0 saturated carbocycles. The van der Waals surface area contributed by atoms with Crippen LogP contribution in [0.25, 0.3) is 10.9 Å². The van der Waals surface area contributed by atoms with Gasteiger partial charge < -0.3 is 14.8 Å². The topological polar surface area (TPSA) is 62.3 Å². The first-order valence-electron chi connectivity index (χ1n) is 4.11. The molecular weight excluding hydrogens is 182 g/mol. The van der Waals surface area contributed by atoms with E-state index in [4.69, 9.17) is 4.74 Å². The number of hydrogen-bond acceptors (Lipinski definition) is 3. The first-order chi connectivity index (χ1) is 6.72. The van der Waals surface area contributed by atoms with Crippen LogP contribution in [-0.2, 0) is 0 Å². The SMILES string of the molecule is COc1cc(O)c2c(=O)cc[nH]c2c1. The summed E-state index contributed by atoms with van der Waals surface area (Å²) in [5, 5.41) is 9.85. The largest absolute Gasteiger partial charge is 0.507 e. The molecular formula is C10H9NO3. The van der Waals surface area contributed by atoms with Crippen molar-refractivity contribution >= 4 is 10.9 Å². The number of aromatic hydroxyl groups is 1. The van der Waals surface area contributed by atoms with Crippen molar-refractivity contribution in [2.75, 3.05) is 7.11 Å². The molecule has 1 aromatic carbocycles. The van der Waals surface area contributed by atoms with Crippen LogP contribution in [0.15, 0.2) is 29.2 Å². The first-order valence-corrected chi connectivity index (χ1v) is 4.11. The molecule has 4 nitrogen and oxygen atoms in total. The predicted octanol–water partition coefficient (Wildman–Crippen LogP) is 1.24. The van der Waals surface area contributed by atoms with Gasteiger partial charge in [0.1, 0.15) is 11.5 Å². The van der Waals surface area contributed by atoms with Crippen LogP contribution in [0.5, 0.6) is 11.5 Å². The van der Waals surface area contributed by atoms with E-state index in [2.05, 4.69) is 4.98 Å². The van der Waals surface area contributed by atoms with E-state index >= 15 is 0 Å². The molecule has 72 valence electrons. The molecule has 0 unspecified atom stereocenters. The molecule has 0 amide bonds. The summed E-state index contributed by atoms with van der Waals surface area (Å²) in [7, 11) is 1.50. The van der Waals surface area contributed by atoms with Crippen molar-refractivity contribution in [1.82, 2.24) is 4.98 Å². The van der Waals surface area contributed by atoms with Gasteiger partial charge in [0.05, 0.1) is 18.0 Å². The molecule has 0 aliphatic carbocycles. The molecule has 0 radical (unpaired) electrons. The number of ether oxygens (including phenoxy) is 1. The zero-order valence-electron chi connectivity index (χ0n) is 7.57. The number of fused-ring (bicyclic) bond motifs is 1. The molecule has 0 saturated heterocycles. The second-order valence-electron chi connectivity index (χ2n) is 2.91. The summed E-state index contributed by atoms with van der Waals surface area (Å²) in [6.45, 7) is 0. The third-order valence-corrected chi connectivity index (χ3v) is 2.05. The predicted molar refractivity (Wildman–Crippen MR) is 52.8 cm³/mol. The highest BCUT2D eigenvalue weighted by molar-refractivity contribution is 5.85. The Hall–Kier alpha value is -1.97. The number of aromatic amines is 1. The van der Waals surface area contributed by atoms with E-state index in [9.17, 15) is 9.90 Å². The number of hydrogen-bond donors (Lipinski definition) is 2. The number of phenolic OH excluding ortho intramolecular Hbond substituents is 1. The summed E-state index contributed by atoms with van der Waals surface area (Å²) in [4.78, 5) is 14.2. The van der Waals surface area contributed by atoms with Gasteiger partial charge in [-0.15, -0.1) is 0 Å². The lowest BCUT2D eigenvalue weighted by atomic mass is 10.2. The molecule has 14 heavy (non-hydrogen) atoms. The Kier molecular flexibility index (Phi) is 1.89. The van der Waals surface area contributed by atoms with Gasteiger partial charge in [-0.05, 0) is 0 Å². The second-order valence-corrected chi connectivity index (χ2v) is 2.91. The quantitative estimate of drug-likeness (QED) is 0.712. The Bertz CT molecular complexity index is 530. The standard InChI is InChI=1S/C10H9NO3/c1-14-6-4-7-10(9(13)5-6)8(12)2-3-11-7/h2-5,13H,1H3,(H,11,12). The molecule has 0 aliphatic rings. The van der Waals surface area contributed by atoms with Crippen molar-refractivity contribution in [1.29, 1.82) is 0 Å². The second kappa shape index (κ2) is 3.06. The molecule has 2 rings (SSSR count). The van der Waals surface area contributed by atoms with Gasteiger partial charge in [0.15, 0.2) is 5.43 Å². The van der Waals surface area contributed by atoms with Gasteiger partial charge in [0.2, 0.25) is 0 Å². The van der Waals surface area contributed by atoms with Crippen LogP contribution in [0, 0.1) is 0 Å². The molecule has 1 heterocycles. The van der Waals surface area contributed by atoms with Gasteiger partial charge in [0.25, 0.3) is 0 Å². The van der Waals surface area contributed by atoms with E-state index in [1.165, 1.54) is 25.4 Å². The monoisotopic (exact) mass is 191 g/mol.